The van der Waals surface area contributed by atoms with Gasteiger partial charge in [0.2, 0.25) is 0 Å². The van der Waals surface area contributed by atoms with E-state index >= 15 is 0 Å². The van der Waals surface area contributed by atoms with E-state index in [-0.39, 0.29) is 11.9 Å². The average molecular weight is 353 g/mol. The Hall–Kier alpha value is -1.33. The van der Waals surface area contributed by atoms with E-state index in [0.29, 0.717) is 11.3 Å². The molecule has 0 spiro atoms. The van der Waals surface area contributed by atoms with Gasteiger partial charge in [-0.3, -0.25) is 4.79 Å². The average Bonchev–Trinajstić information content (AvgIpc) is 2.71. The summed E-state index contributed by atoms with van der Waals surface area (Å²) in [6, 6.07) is 7.32. The van der Waals surface area contributed by atoms with Crippen molar-refractivity contribution in [1.82, 2.24) is 5.32 Å². The number of rotatable bonds is 3. The van der Waals surface area contributed by atoms with Gasteiger partial charge in [-0.1, -0.05) is 0 Å². The van der Waals surface area contributed by atoms with Crippen molar-refractivity contribution in [3.05, 3.63) is 49.6 Å². The molecule has 1 atom stereocenters. The number of benzene rings is 1. The minimum atomic E-state index is -0.125. The fraction of sp³-hybridized carbons (Fsp3) is 0.267. The first-order chi connectivity index (χ1) is 9.38. The van der Waals surface area contributed by atoms with Crippen LogP contribution in [-0.2, 0) is 0 Å². The lowest BCUT2D eigenvalue weighted by Gasteiger charge is -2.15. The maximum Gasteiger partial charge on any atom is 0.252 e. The molecule has 1 aromatic heterocycles. The third-order valence-corrected chi connectivity index (χ3v) is 4.80. The lowest BCUT2D eigenvalue weighted by Crippen LogP contribution is -2.27. The summed E-state index contributed by atoms with van der Waals surface area (Å²) in [5, 5.41) is 3.02. The first-order valence-electron chi connectivity index (χ1n) is 6.31. The number of nitrogen functional groups attached to an aromatic ring is 1. The molecule has 0 fully saturated rings. The Labute approximate surface area is 131 Å². The molecule has 0 aliphatic rings. The number of thiophene rings is 1. The van der Waals surface area contributed by atoms with Crippen molar-refractivity contribution >= 4 is 38.9 Å². The normalized spacial score (nSPS) is 12.2. The maximum atomic E-state index is 12.3. The summed E-state index contributed by atoms with van der Waals surface area (Å²) in [6.45, 7) is 6.14. The molecule has 1 unspecified atom stereocenters. The number of hydrogen-bond donors (Lipinski definition) is 2. The van der Waals surface area contributed by atoms with Crippen molar-refractivity contribution in [3.8, 4) is 0 Å². The number of nitrogens with one attached hydrogen (secondary N) is 1. The fourth-order valence-corrected chi connectivity index (χ4v) is 3.60. The second-order valence-corrected chi connectivity index (χ2v) is 7.12. The Morgan fingerprint density at radius 3 is 2.65 bits per heavy atom. The van der Waals surface area contributed by atoms with E-state index in [0.717, 1.165) is 4.47 Å². The second kappa shape index (κ2) is 5.97. The molecule has 2 rings (SSSR count). The van der Waals surface area contributed by atoms with Crippen LogP contribution in [-0.4, -0.2) is 5.91 Å². The van der Waals surface area contributed by atoms with E-state index in [1.807, 2.05) is 6.92 Å². The third kappa shape index (κ3) is 3.22. The Kier molecular flexibility index (Phi) is 4.50. The van der Waals surface area contributed by atoms with Crippen LogP contribution in [0, 0.1) is 13.8 Å². The smallest absolute Gasteiger partial charge is 0.252 e. The highest BCUT2D eigenvalue weighted by molar-refractivity contribution is 9.10. The topological polar surface area (TPSA) is 55.1 Å². The van der Waals surface area contributed by atoms with Gasteiger partial charge in [-0.25, -0.2) is 0 Å². The SMILES string of the molecule is Cc1cc(C(C)NC(=O)c2cc(N)ccc2Br)c(C)s1. The van der Waals surface area contributed by atoms with Crippen LogP contribution in [0.3, 0.4) is 0 Å². The molecule has 1 heterocycles. The molecular formula is C15H17BrN2OS. The molecular weight excluding hydrogens is 336 g/mol. The van der Waals surface area contributed by atoms with Gasteiger partial charge in [0, 0.05) is 19.9 Å². The molecule has 0 saturated heterocycles. The van der Waals surface area contributed by atoms with Gasteiger partial charge in [-0.15, -0.1) is 11.3 Å². The zero-order valence-electron chi connectivity index (χ0n) is 11.7. The van der Waals surface area contributed by atoms with Crippen molar-refractivity contribution in [2.75, 3.05) is 5.73 Å². The Morgan fingerprint density at radius 2 is 2.05 bits per heavy atom. The van der Waals surface area contributed by atoms with Crippen molar-refractivity contribution in [1.29, 1.82) is 0 Å². The van der Waals surface area contributed by atoms with Crippen LogP contribution < -0.4 is 11.1 Å². The summed E-state index contributed by atoms with van der Waals surface area (Å²) in [4.78, 5) is 14.8. The molecule has 2 aromatic rings. The zero-order valence-corrected chi connectivity index (χ0v) is 14.1. The number of carbonyl (C=O) groups is 1. The van der Waals surface area contributed by atoms with Gasteiger partial charge in [0.1, 0.15) is 0 Å². The number of amides is 1. The van der Waals surface area contributed by atoms with Gasteiger partial charge in [0.15, 0.2) is 0 Å². The third-order valence-electron chi connectivity index (χ3n) is 3.13. The number of aryl methyl sites for hydroxylation is 2. The van der Waals surface area contributed by atoms with Crippen LogP contribution in [0.25, 0.3) is 0 Å². The summed E-state index contributed by atoms with van der Waals surface area (Å²) in [5.74, 6) is -0.125. The van der Waals surface area contributed by atoms with Gasteiger partial charge in [-0.2, -0.15) is 0 Å². The highest BCUT2D eigenvalue weighted by Crippen LogP contribution is 2.27. The van der Waals surface area contributed by atoms with E-state index in [2.05, 4.69) is 41.2 Å². The number of halogens is 1. The minimum absolute atomic E-state index is 0.0271. The zero-order chi connectivity index (χ0) is 14.9. The van der Waals surface area contributed by atoms with Crippen molar-refractivity contribution in [3.63, 3.8) is 0 Å². The molecule has 0 saturated carbocycles. The van der Waals surface area contributed by atoms with Crippen LogP contribution in [0.5, 0.6) is 0 Å². The van der Waals surface area contributed by atoms with E-state index in [1.54, 1.807) is 29.5 Å². The first kappa shape index (κ1) is 15.1. The quantitative estimate of drug-likeness (QED) is 0.813. The Bertz CT molecular complexity index is 651. The lowest BCUT2D eigenvalue weighted by atomic mass is 10.1. The largest absolute Gasteiger partial charge is 0.399 e. The Morgan fingerprint density at radius 1 is 1.35 bits per heavy atom. The van der Waals surface area contributed by atoms with E-state index in [9.17, 15) is 4.79 Å². The van der Waals surface area contributed by atoms with Gasteiger partial charge in [-0.05, 0) is 66.5 Å². The predicted molar refractivity (Wildman–Crippen MR) is 88.2 cm³/mol. The van der Waals surface area contributed by atoms with E-state index in [1.165, 1.54) is 15.3 Å². The molecule has 3 nitrogen and oxygen atoms in total. The van der Waals surface area contributed by atoms with Crippen LogP contribution in [0.4, 0.5) is 5.69 Å². The molecule has 3 N–H and O–H groups in total. The molecule has 0 radical (unpaired) electrons. The summed E-state index contributed by atoms with van der Waals surface area (Å²) in [7, 11) is 0. The molecule has 0 aliphatic heterocycles. The van der Waals surface area contributed by atoms with E-state index < -0.39 is 0 Å². The maximum absolute atomic E-state index is 12.3. The second-order valence-electron chi connectivity index (χ2n) is 4.80. The molecule has 0 aliphatic carbocycles. The summed E-state index contributed by atoms with van der Waals surface area (Å²) in [6.07, 6.45) is 0. The van der Waals surface area contributed by atoms with Crippen molar-refractivity contribution in [2.45, 2.75) is 26.8 Å². The monoisotopic (exact) mass is 352 g/mol. The minimum Gasteiger partial charge on any atom is -0.399 e. The van der Waals surface area contributed by atoms with E-state index in [4.69, 9.17) is 5.73 Å². The number of anilines is 1. The molecule has 5 heteroatoms. The van der Waals surface area contributed by atoms with Gasteiger partial charge >= 0.3 is 0 Å². The molecule has 1 aromatic carbocycles. The van der Waals surface area contributed by atoms with Crippen LogP contribution in [0.2, 0.25) is 0 Å². The summed E-state index contributed by atoms with van der Waals surface area (Å²) < 4.78 is 0.745. The highest BCUT2D eigenvalue weighted by Gasteiger charge is 2.16. The van der Waals surface area contributed by atoms with Crippen LogP contribution in [0.1, 0.15) is 38.6 Å². The number of nitrogens with two attached hydrogens (primary N) is 1. The molecule has 106 valence electrons. The van der Waals surface area contributed by atoms with Gasteiger partial charge < -0.3 is 11.1 Å². The van der Waals surface area contributed by atoms with Crippen molar-refractivity contribution in [2.24, 2.45) is 0 Å². The highest BCUT2D eigenvalue weighted by atomic mass is 79.9. The summed E-state index contributed by atoms with van der Waals surface area (Å²) >= 11 is 5.13. The van der Waals surface area contributed by atoms with Crippen LogP contribution in [0.15, 0.2) is 28.7 Å². The molecule has 20 heavy (non-hydrogen) atoms. The lowest BCUT2D eigenvalue weighted by molar-refractivity contribution is 0.0939. The first-order valence-corrected chi connectivity index (χ1v) is 7.92. The van der Waals surface area contributed by atoms with Gasteiger partial charge in [0.05, 0.1) is 11.6 Å². The van der Waals surface area contributed by atoms with Crippen LogP contribution >= 0.6 is 27.3 Å². The molecule has 0 bridgehead atoms. The number of hydrogen-bond acceptors (Lipinski definition) is 3. The summed E-state index contributed by atoms with van der Waals surface area (Å²) in [5.41, 5.74) is 8.04. The standard InChI is InChI=1S/C15H17BrN2OS/c1-8-6-12(10(3)20-8)9(2)18-15(19)13-7-11(17)4-5-14(13)16/h4-7,9H,17H2,1-3H3,(H,18,19). The molecule has 1 amide bonds. The number of carbonyl (C=O) groups excluding carboxylic acids is 1. The van der Waals surface area contributed by atoms with Gasteiger partial charge in [0.25, 0.3) is 5.91 Å². The predicted octanol–water partition coefficient (Wildman–Crippen LogP) is 4.20. The Balaban J connectivity index is 2.19. The fourth-order valence-electron chi connectivity index (χ4n) is 2.15. The van der Waals surface area contributed by atoms with Crippen molar-refractivity contribution < 1.29 is 4.79 Å².